The van der Waals surface area contributed by atoms with Crippen LogP contribution in [0.5, 0.6) is 5.75 Å². The molecule has 2 nitrogen and oxygen atoms in total. The van der Waals surface area contributed by atoms with Crippen molar-refractivity contribution >= 4 is 0 Å². The minimum atomic E-state index is 0.216. The molecule has 1 aromatic carbocycles. The maximum absolute atomic E-state index is 5.58. The molecule has 1 atom stereocenters. The molecule has 66 valence electrons. The third-order valence-electron chi connectivity index (χ3n) is 1.59. The summed E-state index contributed by atoms with van der Waals surface area (Å²) in [7, 11) is 0. The van der Waals surface area contributed by atoms with Gasteiger partial charge in [-0.2, -0.15) is 0 Å². The lowest BCUT2D eigenvalue weighted by Gasteiger charge is -2.07. The molecule has 0 spiro atoms. The quantitative estimate of drug-likeness (QED) is 0.738. The standard InChI is InChI=1S/C10H15NO/c1-9(11)7-8-12-10-5-3-2-4-6-10/h2-6,9H,7-8,11H2,1H3/t9-/m1/s1. The molecule has 0 heterocycles. The lowest BCUT2D eigenvalue weighted by atomic mass is 10.3. The molecule has 0 bridgehead atoms. The second-order valence-electron chi connectivity index (χ2n) is 2.93. The zero-order valence-corrected chi connectivity index (χ0v) is 7.36. The number of benzene rings is 1. The fourth-order valence-corrected chi connectivity index (χ4v) is 0.879. The molecule has 0 aliphatic heterocycles. The number of hydrogen-bond acceptors (Lipinski definition) is 2. The van der Waals surface area contributed by atoms with Crippen LogP contribution in [-0.4, -0.2) is 12.6 Å². The normalized spacial score (nSPS) is 12.5. The first-order valence-corrected chi connectivity index (χ1v) is 4.22. The summed E-state index contributed by atoms with van der Waals surface area (Å²) in [6.45, 7) is 2.68. The second kappa shape index (κ2) is 4.78. The van der Waals surface area contributed by atoms with E-state index in [4.69, 9.17) is 10.5 Å². The van der Waals surface area contributed by atoms with Gasteiger partial charge in [-0.25, -0.2) is 0 Å². The van der Waals surface area contributed by atoms with Crippen LogP contribution >= 0.6 is 0 Å². The summed E-state index contributed by atoms with van der Waals surface area (Å²) >= 11 is 0. The van der Waals surface area contributed by atoms with Crippen LogP contribution in [0.25, 0.3) is 0 Å². The number of ether oxygens (including phenoxy) is 1. The van der Waals surface area contributed by atoms with Gasteiger partial charge in [-0.15, -0.1) is 0 Å². The summed E-state index contributed by atoms with van der Waals surface area (Å²) in [5, 5.41) is 0. The van der Waals surface area contributed by atoms with Crippen LogP contribution in [0.2, 0.25) is 0 Å². The van der Waals surface area contributed by atoms with Crippen molar-refractivity contribution in [2.75, 3.05) is 6.61 Å². The van der Waals surface area contributed by atoms with Gasteiger partial charge in [-0.05, 0) is 25.5 Å². The Balaban J connectivity index is 2.25. The van der Waals surface area contributed by atoms with E-state index in [1.54, 1.807) is 0 Å². The molecule has 0 aliphatic rings. The van der Waals surface area contributed by atoms with Gasteiger partial charge in [0.15, 0.2) is 0 Å². The first-order chi connectivity index (χ1) is 5.79. The van der Waals surface area contributed by atoms with E-state index >= 15 is 0 Å². The van der Waals surface area contributed by atoms with Gasteiger partial charge in [-0.3, -0.25) is 0 Å². The third-order valence-corrected chi connectivity index (χ3v) is 1.59. The minimum Gasteiger partial charge on any atom is -0.494 e. The first kappa shape index (κ1) is 9.07. The monoisotopic (exact) mass is 165 g/mol. The van der Waals surface area contributed by atoms with Gasteiger partial charge in [-0.1, -0.05) is 18.2 Å². The van der Waals surface area contributed by atoms with Gasteiger partial charge >= 0.3 is 0 Å². The van der Waals surface area contributed by atoms with Crippen LogP contribution in [0.15, 0.2) is 30.3 Å². The van der Waals surface area contributed by atoms with E-state index in [2.05, 4.69) is 0 Å². The van der Waals surface area contributed by atoms with Crippen molar-refractivity contribution in [3.05, 3.63) is 30.3 Å². The highest BCUT2D eigenvalue weighted by atomic mass is 16.5. The van der Waals surface area contributed by atoms with Crippen LogP contribution in [0.3, 0.4) is 0 Å². The Morgan fingerprint density at radius 3 is 2.58 bits per heavy atom. The van der Waals surface area contributed by atoms with E-state index in [-0.39, 0.29) is 6.04 Å². The van der Waals surface area contributed by atoms with E-state index in [0.717, 1.165) is 12.2 Å². The highest BCUT2D eigenvalue weighted by molar-refractivity contribution is 5.20. The molecule has 0 aliphatic carbocycles. The zero-order valence-electron chi connectivity index (χ0n) is 7.36. The van der Waals surface area contributed by atoms with E-state index in [1.165, 1.54) is 0 Å². The molecule has 0 saturated heterocycles. The third kappa shape index (κ3) is 3.39. The van der Waals surface area contributed by atoms with Crippen LogP contribution in [0.4, 0.5) is 0 Å². The molecule has 0 unspecified atom stereocenters. The Morgan fingerprint density at radius 1 is 1.33 bits per heavy atom. The predicted octanol–water partition coefficient (Wildman–Crippen LogP) is 1.80. The first-order valence-electron chi connectivity index (χ1n) is 4.22. The van der Waals surface area contributed by atoms with Crippen LogP contribution in [0.1, 0.15) is 13.3 Å². The maximum atomic E-state index is 5.58. The maximum Gasteiger partial charge on any atom is 0.119 e. The van der Waals surface area contributed by atoms with Gasteiger partial charge in [0.1, 0.15) is 5.75 Å². The molecule has 1 aromatic rings. The predicted molar refractivity (Wildman–Crippen MR) is 50.2 cm³/mol. The Labute approximate surface area is 73.3 Å². The Hall–Kier alpha value is -1.02. The highest BCUT2D eigenvalue weighted by Crippen LogP contribution is 2.08. The topological polar surface area (TPSA) is 35.2 Å². The lowest BCUT2D eigenvalue weighted by molar-refractivity contribution is 0.301. The van der Waals surface area contributed by atoms with Gasteiger partial charge in [0.2, 0.25) is 0 Å². The lowest BCUT2D eigenvalue weighted by Crippen LogP contribution is -2.18. The summed E-state index contributed by atoms with van der Waals surface area (Å²) in [5.74, 6) is 0.915. The molecule has 0 amide bonds. The zero-order chi connectivity index (χ0) is 8.81. The van der Waals surface area contributed by atoms with Crippen molar-refractivity contribution in [3.63, 3.8) is 0 Å². The van der Waals surface area contributed by atoms with E-state index < -0.39 is 0 Å². The fraction of sp³-hybridized carbons (Fsp3) is 0.400. The number of hydrogen-bond donors (Lipinski definition) is 1. The van der Waals surface area contributed by atoms with E-state index in [9.17, 15) is 0 Å². The smallest absolute Gasteiger partial charge is 0.119 e. The molecule has 0 radical (unpaired) electrons. The van der Waals surface area contributed by atoms with Gasteiger partial charge in [0.05, 0.1) is 6.61 Å². The molecule has 0 fully saturated rings. The van der Waals surface area contributed by atoms with Crippen molar-refractivity contribution in [2.24, 2.45) is 5.73 Å². The van der Waals surface area contributed by atoms with Gasteiger partial charge in [0, 0.05) is 6.04 Å². The highest BCUT2D eigenvalue weighted by Gasteiger charge is 1.94. The summed E-state index contributed by atoms with van der Waals surface area (Å²) in [4.78, 5) is 0. The Morgan fingerprint density at radius 2 is 2.00 bits per heavy atom. The van der Waals surface area contributed by atoms with Crippen LogP contribution in [0, 0.1) is 0 Å². The molecule has 2 heteroatoms. The molecular formula is C10H15NO. The molecule has 2 N–H and O–H groups in total. The second-order valence-corrected chi connectivity index (χ2v) is 2.93. The van der Waals surface area contributed by atoms with Crippen molar-refractivity contribution in [1.82, 2.24) is 0 Å². The van der Waals surface area contributed by atoms with Crippen LogP contribution < -0.4 is 10.5 Å². The molecule has 12 heavy (non-hydrogen) atoms. The van der Waals surface area contributed by atoms with E-state index in [0.29, 0.717) is 6.61 Å². The average molecular weight is 165 g/mol. The SMILES string of the molecule is C[C@@H](N)CCOc1ccccc1. The summed E-state index contributed by atoms with van der Waals surface area (Å²) in [6.07, 6.45) is 0.898. The van der Waals surface area contributed by atoms with E-state index in [1.807, 2.05) is 37.3 Å². The largest absolute Gasteiger partial charge is 0.494 e. The van der Waals surface area contributed by atoms with Crippen LogP contribution in [-0.2, 0) is 0 Å². The average Bonchev–Trinajstić information content (AvgIpc) is 2.05. The number of nitrogens with two attached hydrogens (primary N) is 1. The minimum absolute atomic E-state index is 0.216. The molecule has 0 saturated carbocycles. The number of para-hydroxylation sites is 1. The summed E-state index contributed by atoms with van der Waals surface area (Å²) in [5.41, 5.74) is 5.58. The Kier molecular flexibility index (Phi) is 3.61. The molecule has 0 aromatic heterocycles. The van der Waals surface area contributed by atoms with Gasteiger partial charge in [0.25, 0.3) is 0 Å². The van der Waals surface area contributed by atoms with Crippen molar-refractivity contribution in [2.45, 2.75) is 19.4 Å². The van der Waals surface area contributed by atoms with Crippen molar-refractivity contribution in [3.8, 4) is 5.75 Å². The summed E-state index contributed by atoms with van der Waals surface area (Å²) < 4.78 is 5.44. The van der Waals surface area contributed by atoms with Crippen molar-refractivity contribution in [1.29, 1.82) is 0 Å². The molecule has 1 rings (SSSR count). The summed E-state index contributed by atoms with van der Waals surface area (Å²) in [6, 6.07) is 10.00. The number of rotatable bonds is 4. The van der Waals surface area contributed by atoms with Gasteiger partial charge < -0.3 is 10.5 Å². The van der Waals surface area contributed by atoms with Crippen molar-refractivity contribution < 1.29 is 4.74 Å². The Bertz CT molecular complexity index is 208. The fourth-order valence-electron chi connectivity index (χ4n) is 0.879. The molecular weight excluding hydrogens is 150 g/mol.